The second-order valence-corrected chi connectivity index (χ2v) is 8.72. The normalized spacial score (nSPS) is 31.0. The minimum atomic E-state index is -3.35. The van der Waals surface area contributed by atoms with Gasteiger partial charge in [0.05, 0.1) is 11.7 Å². The number of aliphatic carboxylic acids is 1. The fraction of sp³-hybridized carbons (Fsp3) is 0.739. The first-order valence-corrected chi connectivity index (χ1v) is 10.9. The lowest BCUT2D eigenvalue weighted by Gasteiger charge is -2.34. The van der Waals surface area contributed by atoms with Crippen LogP contribution in [0.1, 0.15) is 58.3 Å². The molecule has 0 aromatic heterocycles. The fourth-order valence-corrected chi connectivity index (χ4v) is 5.29. The van der Waals surface area contributed by atoms with Crippen molar-refractivity contribution in [3.05, 3.63) is 24.3 Å². The summed E-state index contributed by atoms with van der Waals surface area (Å²) in [5.41, 5.74) is -0.517. The number of alkyl halides is 2. The van der Waals surface area contributed by atoms with Crippen molar-refractivity contribution in [2.24, 2.45) is 29.6 Å². The maximum Gasteiger partial charge on any atom is 0.303 e. The van der Waals surface area contributed by atoms with Gasteiger partial charge < -0.3 is 15.3 Å². The molecule has 5 nitrogen and oxygen atoms in total. The second kappa shape index (κ2) is 10.6. The number of rotatable bonds is 12. The largest absolute Gasteiger partial charge is 0.481 e. The van der Waals surface area contributed by atoms with Crippen molar-refractivity contribution < 1.29 is 33.7 Å². The van der Waals surface area contributed by atoms with Gasteiger partial charge in [0.15, 0.2) is 5.78 Å². The summed E-state index contributed by atoms with van der Waals surface area (Å²) in [4.78, 5) is 23.4. The van der Waals surface area contributed by atoms with Crippen LogP contribution in [0.15, 0.2) is 24.3 Å². The number of aliphatic hydroxyl groups is 2. The van der Waals surface area contributed by atoms with E-state index in [1.807, 2.05) is 6.92 Å². The van der Waals surface area contributed by atoms with Crippen molar-refractivity contribution in [2.75, 3.05) is 6.61 Å². The smallest absolute Gasteiger partial charge is 0.303 e. The zero-order valence-electron chi connectivity index (χ0n) is 17.6. The lowest BCUT2D eigenvalue weighted by atomic mass is 9.73. The average Bonchev–Trinajstić information content (AvgIpc) is 3.13. The molecule has 2 saturated carbocycles. The molecule has 0 spiro atoms. The van der Waals surface area contributed by atoms with Gasteiger partial charge in [-0.25, -0.2) is 8.78 Å². The first kappa shape index (κ1) is 24.7. The third-order valence-corrected chi connectivity index (χ3v) is 6.76. The Morgan fingerprint density at radius 2 is 2.07 bits per heavy atom. The molecule has 0 radical (unpaired) electrons. The number of hydrogen-bond acceptors (Lipinski definition) is 4. The Kier molecular flexibility index (Phi) is 8.73. The van der Waals surface area contributed by atoms with Crippen LogP contribution >= 0.6 is 0 Å². The third-order valence-electron chi connectivity index (χ3n) is 6.76. The Bertz CT molecular complexity index is 660. The van der Waals surface area contributed by atoms with Crippen LogP contribution in [0.25, 0.3) is 0 Å². The van der Waals surface area contributed by atoms with Crippen molar-refractivity contribution in [1.29, 1.82) is 0 Å². The third kappa shape index (κ3) is 5.17. The predicted octanol–water partition coefficient (Wildman–Crippen LogP) is 3.99. The molecule has 3 N–H and O–H groups in total. The highest BCUT2D eigenvalue weighted by Crippen LogP contribution is 2.59. The number of carbonyl (C=O) groups is 2. The van der Waals surface area contributed by atoms with E-state index >= 15 is 8.78 Å². The maximum absolute atomic E-state index is 15.4. The zero-order valence-corrected chi connectivity index (χ0v) is 17.6. The lowest BCUT2D eigenvalue weighted by Crippen LogP contribution is -2.38. The van der Waals surface area contributed by atoms with Crippen LogP contribution < -0.4 is 0 Å². The molecule has 0 aromatic rings. The van der Waals surface area contributed by atoms with Crippen molar-refractivity contribution >= 4 is 11.8 Å². The number of fused-ring (bicyclic) bond motifs is 1. The summed E-state index contributed by atoms with van der Waals surface area (Å²) < 4.78 is 30.8. The van der Waals surface area contributed by atoms with Gasteiger partial charge in [0.1, 0.15) is 0 Å². The van der Waals surface area contributed by atoms with E-state index in [9.17, 15) is 19.8 Å². The first-order chi connectivity index (χ1) is 14.2. The van der Waals surface area contributed by atoms with E-state index in [-0.39, 0.29) is 44.1 Å². The van der Waals surface area contributed by atoms with Gasteiger partial charge in [-0.2, -0.15) is 0 Å². The standard InChI is InChI=1S/C23H34F2O5/c1-3-5-8-15(11-14(4-2)13-26)20-18(27)12-16-21(20)23(24,25)17(22(16)30)9-6-7-10-19(28)29/h4,9,14-16,18,20-21,26-27H,2-3,5-8,10-13H2,1H3,(H,28,29)/t14-,15+,16+,18-,20+,21+/m1/s1. The van der Waals surface area contributed by atoms with Gasteiger partial charge in [0.25, 0.3) is 5.92 Å². The van der Waals surface area contributed by atoms with Crippen LogP contribution in [-0.4, -0.2) is 45.7 Å². The van der Waals surface area contributed by atoms with Gasteiger partial charge in [-0.05, 0) is 43.4 Å². The van der Waals surface area contributed by atoms with Crippen molar-refractivity contribution in [1.82, 2.24) is 0 Å². The summed E-state index contributed by atoms with van der Waals surface area (Å²) in [5, 5.41) is 28.9. The summed E-state index contributed by atoms with van der Waals surface area (Å²) in [6, 6.07) is 0. The van der Waals surface area contributed by atoms with E-state index in [1.165, 1.54) is 6.08 Å². The number of carboxylic acids is 1. The summed E-state index contributed by atoms with van der Waals surface area (Å²) in [6.45, 7) is 5.58. The Morgan fingerprint density at radius 3 is 2.63 bits per heavy atom. The van der Waals surface area contributed by atoms with E-state index < -0.39 is 47.1 Å². The van der Waals surface area contributed by atoms with Crippen LogP contribution in [0, 0.1) is 29.6 Å². The highest BCUT2D eigenvalue weighted by Gasteiger charge is 2.66. The van der Waals surface area contributed by atoms with Crippen LogP contribution in [0.5, 0.6) is 0 Å². The van der Waals surface area contributed by atoms with Crippen LogP contribution in [0.2, 0.25) is 0 Å². The maximum atomic E-state index is 15.4. The van der Waals surface area contributed by atoms with E-state index in [0.717, 1.165) is 12.8 Å². The second-order valence-electron chi connectivity index (χ2n) is 8.72. The minimum absolute atomic E-state index is 0.0245. The van der Waals surface area contributed by atoms with E-state index in [0.29, 0.717) is 12.8 Å². The summed E-state index contributed by atoms with van der Waals surface area (Å²) >= 11 is 0. The fourth-order valence-electron chi connectivity index (χ4n) is 5.29. The molecular weight excluding hydrogens is 394 g/mol. The summed E-state index contributed by atoms with van der Waals surface area (Å²) in [5.74, 6) is -8.33. The molecular formula is C23H34F2O5. The number of aliphatic hydroxyl groups excluding tert-OH is 2. The Balaban J connectivity index is 2.29. The number of carbonyl (C=O) groups excluding carboxylic acids is 1. The van der Waals surface area contributed by atoms with Crippen LogP contribution in [-0.2, 0) is 9.59 Å². The van der Waals surface area contributed by atoms with E-state index in [2.05, 4.69) is 6.58 Å². The monoisotopic (exact) mass is 428 g/mol. The Labute approximate surface area is 176 Å². The molecule has 2 fully saturated rings. The summed E-state index contributed by atoms with van der Waals surface area (Å²) in [6.07, 6.45) is 4.83. The predicted molar refractivity (Wildman–Crippen MR) is 109 cm³/mol. The average molecular weight is 429 g/mol. The first-order valence-electron chi connectivity index (χ1n) is 10.9. The SMILES string of the molecule is C=C[C@@H](CO)C[C@H](CCCC)[C@@H]1[C@@H]2[C@H](C[C@H]1O)C(=O)C(=CCCCC(=O)O)C2(F)F. The van der Waals surface area contributed by atoms with Gasteiger partial charge in [-0.1, -0.05) is 38.3 Å². The number of halogens is 2. The van der Waals surface area contributed by atoms with Crippen molar-refractivity contribution in [3.8, 4) is 0 Å². The molecule has 0 unspecified atom stereocenters. The number of carboxylic acid groups (broad SMARTS) is 1. The van der Waals surface area contributed by atoms with Crippen LogP contribution in [0.4, 0.5) is 8.78 Å². The molecule has 6 atom stereocenters. The zero-order chi connectivity index (χ0) is 22.5. The molecule has 2 aliphatic carbocycles. The highest BCUT2D eigenvalue weighted by atomic mass is 19.3. The van der Waals surface area contributed by atoms with Gasteiger partial charge in [-0.3, -0.25) is 9.59 Å². The number of allylic oxidation sites excluding steroid dienone is 2. The molecule has 0 aliphatic heterocycles. The van der Waals surface area contributed by atoms with Gasteiger partial charge in [0.2, 0.25) is 0 Å². The van der Waals surface area contributed by atoms with Crippen LogP contribution in [0.3, 0.4) is 0 Å². The molecule has 30 heavy (non-hydrogen) atoms. The molecule has 170 valence electrons. The van der Waals surface area contributed by atoms with Gasteiger partial charge in [-0.15, -0.1) is 6.58 Å². The molecule has 0 heterocycles. The molecule has 7 heteroatoms. The van der Waals surface area contributed by atoms with Gasteiger partial charge in [0, 0.05) is 24.9 Å². The molecule has 0 amide bonds. The van der Waals surface area contributed by atoms with Gasteiger partial charge >= 0.3 is 5.97 Å². The molecule has 0 saturated heterocycles. The number of ketones is 1. The molecule has 2 aliphatic rings. The topological polar surface area (TPSA) is 94.8 Å². The molecule has 0 bridgehead atoms. The quantitative estimate of drug-likeness (QED) is 0.248. The number of Topliss-reactive ketones (excluding diaryl/α,β-unsaturated/α-hetero) is 1. The minimum Gasteiger partial charge on any atom is -0.481 e. The van der Waals surface area contributed by atoms with E-state index in [4.69, 9.17) is 5.11 Å². The molecule has 0 aromatic carbocycles. The molecule has 2 rings (SSSR count). The lowest BCUT2D eigenvalue weighted by molar-refractivity contribution is -0.137. The van der Waals surface area contributed by atoms with Crippen molar-refractivity contribution in [3.63, 3.8) is 0 Å². The Morgan fingerprint density at radius 1 is 1.37 bits per heavy atom. The van der Waals surface area contributed by atoms with Crippen molar-refractivity contribution in [2.45, 2.75) is 70.3 Å². The Hall–Kier alpha value is -1.60. The number of unbranched alkanes of at least 4 members (excludes halogenated alkanes) is 2. The van der Waals surface area contributed by atoms with E-state index in [1.54, 1.807) is 6.08 Å². The number of hydrogen-bond donors (Lipinski definition) is 3. The highest BCUT2D eigenvalue weighted by molar-refractivity contribution is 6.02. The summed E-state index contributed by atoms with van der Waals surface area (Å²) in [7, 11) is 0.